The Labute approximate surface area is 114 Å². The predicted molar refractivity (Wildman–Crippen MR) is 81.3 cm³/mol. The second-order valence-electron chi connectivity index (χ2n) is 5.21. The molecule has 0 saturated carbocycles. The van der Waals surface area contributed by atoms with Crippen molar-refractivity contribution < 1.29 is 0 Å². The van der Waals surface area contributed by atoms with Crippen molar-refractivity contribution in [1.29, 1.82) is 0 Å². The minimum atomic E-state index is 0.638. The maximum absolute atomic E-state index is 3.49. The van der Waals surface area contributed by atoms with Gasteiger partial charge in [-0.25, -0.2) is 0 Å². The highest BCUT2D eigenvalue weighted by atomic mass is 15.2. The molecule has 0 heterocycles. The second kappa shape index (κ2) is 11.9. The van der Waals surface area contributed by atoms with Crippen LogP contribution in [0.4, 0.5) is 0 Å². The van der Waals surface area contributed by atoms with E-state index in [4.69, 9.17) is 0 Å². The zero-order chi connectivity index (χ0) is 13.8. The summed E-state index contributed by atoms with van der Waals surface area (Å²) in [5.74, 6) is 0. The van der Waals surface area contributed by atoms with Crippen LogP contribution in [0.15, 0.2) is 0 Å². The van der Waals surface area contributed by atoms with Crippen LogP contribution in [0.25, 0.3) is 0 Å². The summed E-state index contributed by atoms with van der Waals surface area (Å²) >= 11 is 0. The molecule has 0 aromatic rings. The quantitative estimate of drug-likeness (QED) is 0.508. The lowest BCUT2D eigenvalue weighted by Crippen LogP contribution is -2.38. The van der Waals surface area contributed by atoms with Crippen LogP contribution in [0.5, 0.6) is 0 Å². The summed E-state index contributed by atoms with van der Waals surface area (Å²) in [6, 6.07) is 0.638. The molecule has 0 spiro atoms. The Morgan fingerprint density at radius 3 is 2.17 bits per heavy atom. The first-order valence-corrected chi connectivity index (χ1v) is 7.41. The summed E-state index contributed by atoms with van der Waals surface area (Å²) in [4.78, 5) is 4.74. The Bertz CT molecular complexity index is 175. The molecule has 0 radical (unpaired) electrons. The van der Waals surface area contributed by atoms with Gasteiger partial charge in [-0.05, 0) is 34.0 Å². The zero-order valence-corrected chi connectivity index (χ0v) is 13.1. The van der Waals surface area contributed by atoms with Crippen LogP contribution in [0.3, 0.4) is 0 Å². The minimum Gasteiger partial charge on any atom is -0.314 e. The summed E-state index contributed by atoms with van der Waals surface area (Å²) in [5, 5.41) is 6.96. The van der Waals surface area contributed by atoms with E-state index in [1.807, 2.05) is 0 Å². The van der Waals surface area contributed by atoms with Crippen LogP contribution in [0.2, 0.25) is 0 Å². The molecule has 110 valence electrons. The van der Waals surface area contributed by atoms with E-state index in [1.165, 1.54) is 6.42 Å². The highest BCUT2D eigenvalue weighted by Crippen LogP contribution is 1.86. The first-order valence-electron chi connectivity index (χ1n) is 7.41. The molecule has 0 fully saturated rings. The van der Waals surface area contributed by atoms with E-state index in [1.54, 1.807) is 0 Å². The lowest BCUT2D eigenvalue weighted by atomic mass is 10.3. The molecule has 1 atom stereocenters. The van der Waals surface area contributed by atoms with Crippen molar-refractivity contribution in [3.05, 3.63) is 0 Å². The van der Waals surface area contributed by atoms with Gasteiger partial charge in [0.25, 0.3) is 0 Å². The van der Waals surface area contributed by atoms with Gasteiger partial charge in [0.05, 0.1) is 0 Å². The van der Waals surface area contributed by atoms with E-state index in [0.717, 1.165) is 45.8 Å². The number of hydrogen-bond donors (Lipinski definition) is 2. The van der Waals surface area contributed by atoms with Crippen LogP contribution < -0.4 is 10.6 Å². The van der Waals surface area contributed by atoms with Gasteiger partial charge >= 0.3 is 0 Å². The van der Waals surface area contributed by atoms with Gasteiger partial charge in [-0.1, -0.05) is 13.8 Å². The van der Waals surface area contributed by atoms with E-state index in [-0.39, 0.29) is 0 Å². The van der Waals surface area contributed by atoms with Gasteiger partial charge in [-0.2, -0.15) is 0 Å². The molecule has 0 amide bonds. The fraction of sp³-hybridized carbons (Fsp3) is 1.00. The predicted octanol–water partition coefficient (Wildman–Crippen LogP) is 0.848. The van der Waals surface area contributed by atoms with Gasteiger partial charge in [-0.3, -0.25) is 0 Å². The molecule has 0 aliphatic heterocycles. The Morgan fingerprint density at radius 1 is 0.889 bits per heavy atom. The molecule has 0 saturated heterocycles. The third kappa shape index (κ3) is 11.0. The molecule has 0 aliphatic rings. The summed E-state index contributed by atoms with van der Waals surface area (Å²) < 4.78 is 0. The highest BCUT2D eigenvalue weighted by Gasteiger charge is 2.00. The van der Waals surface area contributed by atoms with Crippen molar-refractivity contribution in [1.82, 2.24) is 20.4 Å². The summed E-state index contributed by atoms with van der Waals surface area (Å²) in [6.07, 6.45) is 1.20. The fourth-order valence-electron chi connectivity index (χ4n) is 1.56. The summed E-state index contributed by atoms with van der Waals surface area (Å²) in [6.45, 7) is 14.4. The average Bonchev–Trinajstić information content (AvgIpc) is 2.39. The van der Waals surface area contributed by atoms with Crippen molar-refractivity contribution in [2.24, 2.45) is 0 Å². The van der Waals surface area contributed by atoms with Gasteiger partial charge in [0.1, 0.15) is 0 Å². The number of hydrogen-bond acceptors (Lipinski definition) is 4. The van der Waals surface area contributed by atoms with Crippen molar-refractivity contribution >= 4 is 0 Å². The van der Waals surface area contributed by atoms with Gasteiger partial charge in [0.2, 0.25) is 0 Å². The smallest absolute Gasteiger partial charge is 0.0107 e. The van der Waals surface area contributed by atoms with Crippen LogP contribution in [-0.4, -0.2) is 75.8 Å². The standard InChI is InChI=1S/C14H34N4/c1-6-14(3)16-9-8-15-10-11-18(5)13-12-17(4)7-2/h14-16H,6-13H2,1-5H3. The topological polar surface area (TPSA) is 30.5 Å². The van der Waals surface area contributed by atoms with Gasteiger partial charge in [-0.15, -0.1) is 0 Å². The van der Waals surface area contributed by atoms with Crippen molar-refractivity contribution in [2.75, 3.05) is 59.9 Å². The first-order chi connectivity index (χ1) is 8.60. The number of nitrogens with zero attached hydrogens (tertiary/aromatic N) is 2. The Morgan fingerprint density at radius 2 is 1.56 bits per heavy atom. The fourth-order valence-corrected chi connectivity index (χ4v) is 1.56. The van der Waals surface area contributed by atoms with Crippen molar-refractivity contribution in [3.63, 3.8) is 0 Å². The Kier molecular flexibility index (Phi) is 11.8. The molecule has 4 nitrogen and oxygen atoms in total. The third-order valence-electron chi connectivity index (χ3n) is 3.48. The van der Waals surface area contributed by atoms with Crippen molar-refractivity contribution in [3.8, 4) is 0 Å². The highest BCUT2D eigenvalue weighted by molar-refractivity contribution is 4.61. The minimum absolute atomic E-state index is 0.638. The molecule has 0 bridgehead atoms. The summed E-state index contributed by atoms with van der Waals surface area (Å²) in [7, 11) is 4.37. The van der Waals surface area contributed by atoms with Crippen LogP contribution in [0.1, 0.15) is 27.2 Å². The molecule has 0 aliphatic carbocycles. The number of rotatable bonds is 12. The molecular formula is C14H34N4. The van der Waals surface area contributed by atoms with Crippen LogP contribution in [-0.2, 0) is 0 Å². The first kappa shape index (κ1) is 17.8. The Balaban J connectivity index is 3.27. The monoisotopic (exact) mass is 258 g/mol. The van der Waals surface area contributed by atoms with Crippen molar-refractivity contribution in [2.45, 2.75) is 33.2 Å². The largest absolute Gasteiger partial charge is 0.314 e. The van der Waals surface area contributed by atoms with Gasteiger partial charge in [0, 0.05) is 45.3 Å². The molecule has 1 unspecified atom stereocenters. The maximum atomic E-state index is 3.49. The Hall–Kier alpha value is -0.160. The van der Waals surface area contributed by atoms with E-state index in [0.29, 0.717) is 6.04 Å². The normalized spacial score (nSPS) is 13.5. The molecule has 4 heteroatoms. The molecule has 0 aromatic carbocycles. The lowest BCUT2D eigenvalue weighted by Gasteiger charge is -2.21. The van der Waals surface area contributed by atoms with E-state index in [9.17, 15) is 0 Å². The van der Waals surface area contributed by atoms with Gasteiger partial charge < -0.3 is 20.4 Å². The number of likely N-dealkylation sites (N-methyl/N-ethyl adjacent to an activating group) is 2. The van der Waals surface area contributed by atoms with Crippen LogP contribution >= 0.6 is 0 Å². The van der Waals surface area contributed by atoms with E-state index in [2.05, 4.69) is 55.3 Å². The number of nitrogens with one attached hydrogen (secondary N) is 2. The average molecular weight is 258 g/mol. The van der Waals surface area contributed by atoms with E-state index < -0.39 is 0 Å². The molecular weight excluding hydrogens is 224 g/mol. The lowest BCUT2D eigenvalue weighted by molar-refractivity contribution is 0.263. The van der Waals surface area contributed by atoms with Crippen LogP contribution in [0, 0.1) is 0 Å². The summed E-state index contributed by atoms with van der Waals surface area (Å²) in [5.41, 5.74) is 0. The molecule has 2 N–H and O–H groups in total. The third-order valence-corrected chi connectivity index (χ3v) is 3.48. The van der Waals surface area contributed by atoms with Gasteiger partial charge in [0.15, 0.2) is 0 Å². The SMILES string of the molecule is CCC(C)NCCNCCN(C)CCN(C)CC. The molecule has 0 aromatic heterocycles. The molecule has 18 heavy (non-hydrogen) atoms. The van der Waals surface area contributed by atoms with E-state index >= 15 is 0 Å². The molecule has 0 rings (SSSR count). The zero-order valence-electron chi connectivity index (χ0n) is 13.1. The second-order valence-corrected chi connectivity index (χ2v) is 5.21. The maximum Gasteiger partial charge on any atom is 0.0107 e.